The molecule has 82 valence electrons. The zero-order valence-electron chi connectivity index (χ0n) is 7.63. The van der Waals surface area contributed by atoms with Crippen molar-refractivity contribution in [2.45, 2.75) is 23.1 Å². The van der Waals surface area contributed by atoms with Gasteiger partial charge < -0.3 is 5.11 Å². The van der Waals surface area contributed by atoms with E-state index in [4.69, 9.17) is 5.11 Å². The van der Waals surface area contributed by atoms with Crippen molar-refractivity contribution < 1.29 is 18.3 Å². The standard InChI is InChI=1S/C8H9NO4S2/c10-8(11)5-3-7(14-4-5)15(12,13)9-6-1-2-6/h3-4,6,9H,1-2H2,(H,10,11). The van der Waals surface area contributed by atoms with E-state index in [-0.39, 0.29) is 15.8 Å². The largest absolute Gasteiger partial charge is 0.478 e. The first kappa shape index (κ1) is 10.6. The molecule has 1 aliphatic carbocycles. The van der Waals surface area contributed by atoms with Crippen LogP contribution in [0.25, 0.3) is 0 Å². The van der Waals surface area contributed by atoms with Crippen molar-refractivity contribution >= 4 is 27.3 Å². The van der Waals surface area contributed by atoms with Gasteiger partial charge in [-0.3, -0.25) is 0 Å². The molecule has 0 radical (unpaired) electrons. The van der Waals surface area contributed by atoms with E-state index in [0.29, 0.717) is 0 Å². The molecule has 0 aromatic carbocycles. The first-order valence-corrected chi connectivity index (χ1v) is 6.69. The van der Waals surface area contributed by atoms with Crippen LogP contribution in [-0.4, -0.2) is 25.5 Å². The van der Waals surface area contributed by atoms with Crippen molar-refractivity contribution in [2.24, 2.45) is 0 Å². The molecule has 0 amide bonds. The number of carbonyl (C=O) groups is 1. The predicted molar refractivity (Wildman–Crippen MR) is 54.6 cm³/mol. The Morgan fingerprint density at radius 1 is 1.53 bits per heavy atom. The molecule has 0 bridgehead atoms. The van der Waals surface area contributed by atoms with Crippen molar-refractivity contribution in [1.82, 2.24) is 4.72 Å². The highest BCUT2D eigenvalue weighted by Gasteiger charge is 2.29. The summed E-state index contributed by atoms with van der Waals surface area (Å²) >= 11 is 0.923. The molecular formula is C8H9NO4S2. The fourth-order valence-corrected chi connectivity index (χ4v) is 3.52. The molecule has 1 saturated carbocycles. The van der Waals surface area contributed by atoms with E-state index in [0.717, 1.165) is 24.2 Å². The summed E-state index contributed by atoms with van der Waals surface area (Å²) in [6.45, 7) is 0. The maximum absolute atomic E-state index is 11.6. The van der Waals surface area contributed by atoms with Gasteiger partial charge in [0, 0.05) is 11.4 Å². The number of sulfonamides is 1. The molecule has 0 aliphatic heterocycles. The monoisotopic (exact) mass is 247 g/mol. The van der Waals surface area contributed by atoms with Crippen molar-refractivity contribution in [2.75, 3.05) is 0 Å². The van der Waals surface area contributed by atoms with Gasteiger partial charge in [0.2, 0.25) is 10.0 Å². The van der Waals surface area contributed by atoms with Crippen LogP contribution in [0.5, 0.6) is 0 Å². The Morgan fingerprint density at radius 2 is 2.20 bits per heavy atom. The number of hydrogen-bond acceptors (Lipinski definition) is 4. The SMILES string of the molecule is O=C(O)c1csc(S(=O)(=O)NC2CC2)c1. The van der Waals surface area contributed by atoms with Gasteiger partial charge in [-0.2, -0.15) is 0 Å². The van der Waals surface area contributed by atoms with Gasteiger partial charge in [-0.25, -0.2) is 17.9 Å². The highest BCUT2D eigenvalue weighted by atomic mass is 32.2. The Bertz CT molecular complexity index is 486. The Balaban J connectivity index is 2.23. The van der Waals surface area contributed by atoms with Gasteiger partial charge >= 0.3 is 5.97 Å². The minimum Gasteiger partial charge on any atom is -0.478 e. The number of rotatable bonds is 4. The van der Waals surface area contributed by atoms with Crippen molar-refractivity contribution in [3.63, 3.8) is 0 Å². The number of carboxylic acid groups (broad SMARTS) is 1. The maximum Gasteiger partial charge on any atom is 0.336 e. The van der Waals surface area contributed by atoms with Crippen LogP contribution in [0.4, 0.5) is 0 Å². The lowest BCUT2D eigenvalue weighted by molar-refractivity contribution is 0.0697. The molecule has 1 aromatic heterocycles. The van der Waals surface area contributed by atoms with Crippen LogP contribution in [0.3, 0.4) is 0 Å². The van der Waals surface area contributed by atoms with Crippen molar-refractivity contribution in [1.29, 1.82) is 0 Å². The summed E-state index contributed by atoms with van der Waals surface area (Å²) in [6, 6.07) is 1.21. The summed E-state index contributed by atoms with van der Waals surface area (Å²) in [7, 11) is -3.50. The average molecular weight is 247 g/mol. The molecule has 0 saturated heterocycles. The normalized spacial score (nSPS) is 16.5. The van der Waals surface area contributed by atoms with Crippen LogP contribution in [0.2, 0.25) is 0 Å². The number of hydrogen-bond donors (Lipinski definition) is 2. The van der Waals surface area contributed by atoms with Gasteiger partial charge in [-0.1, -0.05) is 0 Å². The third-order valence-corrected chi connectivity index (χ3v) is 4.95. The molecule has 0 spiro atoms. The van der Waals surface area contributed by atoms with E-state index in [1.54, 1.807) is 0 Å². The Morgan fingerprint density at radius 3 is 2.67 bits per heavy atom. The zero-order valence-corrected chi connectivity index (χ0v) is 9.27. The smallest absolute Gasteiger partial charge is 0.336 e. The van der Waals surface area contributed by atoms with Gasteiger partial charge in [0.1, 0.15) is 4.21 Å². The lowest BCUT2D eigenvalue weighted by atomic mass is 10.4. The van der Waals surface area contributed by atoms with Crippen LogP contribution in [0, 0.1) is 0 Å². The van der Waals surface area contributed by atoms with Crippen LogP contribution in [0.1, 0.15) is 23.2 Å². The lowest BCUT2D eigenvalue weighted by Gasteiger charge is -2.00. The Hall–Kier alpha value is -0.920. The van der Waals surface area contributed by atoms with Crippen LogP contribution >= 0.6 is 11.3 Å². The number of aromatic carboxylic acids is 1. The Labute approximate surface area is 90.8 Å². The van der Waals surface area contributed by atoms with Gasteiger partial charge in [0.15, 0.2) is 0 Å². The van der Waals surface area contributed by atoms with E-state index >= 15 is 0 Å². The van der Waals surface area contributed by atoms with E-state index in [1.165, 1.54) is 11.4 Å². The molecule has 1 aromatic rings. The fourth-order valence-electron chi connectivity index (χ4n) is 1.05. The average Bonchev–Trinajstić information content (AvgIpc) is 2.80. The molecule has 1 heterocycles. The predicted octanol–water partition coefficient (Wildman–Crippen LogP) is 0.887. The first-order chi connectivity index (χ1) is 6.99. The van der Waals surface area contributed by atoms with E-state index in [1.807, 2.05) is 0 Å². The topological polar surface area (TPSA) is 83.5 Å². The summed E-state index contributed by atoms with van der Waals surface area (Å²) < 4.78 is 25.8. The van der Waals surface area contributed by atoms with E-state index in [9.17, 15) is 13.2 Å². The van der Waals surface area contributed by atoms with Crippen LogP contribution < -0.4 is 4.72 Å². The third-order valence-electron chi connectivity index (χ3n) is 1.99. The molecule has 15 heavy (non-hydrogen) atoms. The quantitative estimate of drug-likeness (QED) is 0.827. The third kappa shape index (κ3) is 2.36. The van der Waals surface area contributed by atoms with E-state index in [2.05, 4.69) is 4.72 Å². The first-order valence-electron chi connectivity index (χ1n) is 4.33. The molecule has 2 N–H and O–H groups in total. The second-order valence-electron chi connectivity index (χ2n) is 3.36. The molecule has 0 unspecified atom stereocenters. The van der Waals surface area contributed by atoms with Crippen molar-refractivity contribution in [3.8, 4) is 0 Å². The maximum atomic E-state index is 11.6. The van der Waals surface area contributed by atoms with E-state index < -0.39 is 16.0 Å². The number of carboxylic acids is 1. The van der Waals surface area contributed by atoms with Gasteiger partial charge in [-0.05, 0) is 18.9 Å². The summed E-state index contributed by atoms with van der Waals surface area (Å²) in [4.78, 5) is 10.6. The van der Waals surface area contributed by atoms with Gasteiger partial charge in [0.05, 0.1) is 5.56 Å². The molecular weight excluding hydrogens is 238 g/mol. The summed E-state index contributed by atoms with van der Waals surface area (Å²) in [5.74, 6) is -1.11. The molecule has 7 heteroatoms. The fraction of sp³-hybridized carbons (Fsp3) is 0.375. The minimum atomic E-state index is -3.50. The van der Waals surface area contributed by atoms with Crippen LogP contribution in [-0.2, 0) is 10.0 Å². The minimum absolute atomic E-state index is 0.0103. The van der Waals surface area contributed by atoms with Gasteiger partial charge in [-0.15, -0.1) is 11.3 Å². The van der Waals surface area contributed by atoms with Crippen LogP contribution in [0.15, 0.2) is 15.7 Å². The number of nitrogens with one attached hydrogen (secondary N) is 1. The molecule has 1 aliphatic rings. The zero-order chi connectivity index (χ0) is 11.1. The summed E-state index contributed by atoms with van der Waals surface area (Å²) in [5, 5.41) is 9.97. The molecule has 0 atom stereocenters. The second kappa shape index (κ2) is 3.58. The molecule has 5 nitrogen and oxygen atoms in total. The second-order valence-corrected chi connectivity index (χ2v) is 6.21. The summed E-state index contributed by atoms with van der Waals surface area (Å²) in [5.41, 5.74) is 0.0103. The molecule has 2 rings (SSSR count). The van der Waals surface area contributed by atoms with Crippen molar-refractivity contribution in [3.05, 3.63) is 17.0 Å². The number of thiophene rings is 1. The lowest BCUT2D eigenvalue weighted by Crippen LogP contribution is -2.24. The van der Waals surface area contributed by atoms with Gasteiger partial charge in [0.25, 0.3) is 0 Å². The molecule has 1 fully saturated rings. The summed E-state index contributed by atoms with van der Waals surface area (Å²) in [6.07, 6.45) is 1.72. The Kier molecular flexibility index (Phi) is 2.53. The highest BCUT2D eigenvalue weighted by molar-refractivity contribution is 7.91. The highest BCUT2D eigenvalue weighted by Crippen LogP contribution is 2.25.